The van der Waals surface area contributed by atoms with Gasteiger partial charge in [0.1, 0.15) is 23.7 Å². The molecule has 2 aromatic carbocycles. The molecule has 0 fully saturated rings. The Morgan fingerprint density at radius 2 is 1.78 bits per heavy atom. The van der Waals surface area contributed by atoms with E-state index in [1.807, 2.05) is 31.2 Å². The fraction of sp³-hybridized carbons (Fsp3) is 0.200. The van der Waals surface area contributed by atoms with Gasteiger partial charge in [-0.2, -0.15) is 0 Å². The zero-order chi connectivity index (χ0) is 26.9. The Labute approximate surface area is 222 Å². The van der Waals surface area contributed by atoms with Crippen molar-refractivity contribution in [3.8, 4) is 17.0 Å². The van der Waals surface area contributed by atoms with Crippen LogP contribution in [0.15, 0.2) is 70.8 Å². The van der Waals surface area contributed by atoms with E-state index in [4.69, 9.17) is 28.5 Å². The van der Waals surface area contributed by atoms with Crippen molar-refractivity contribution >= 4 is 30.4 Å². The van der Waals surface area contributed by atoms with Crippen LogP contribution < -0.4 is 10.5 Å². The Morgan fingerprint density at radius 1 is 1.14 bits per heavy atom. The number of ether oxygens (including phenoxy) is 1. The highest BCUT2D eigenvalue weighted by Crippen LogP contribution is 2.42. The standard InChI is InChI=1S/C25H24BrF2N2O6P/c1-4-12-32-37(33-13-5-2)34-14-19(35-18-11-10-17(27)20(21(18)28)24(29)31)25-30-22(23(26)36-25)16-8-6-15(3)7-9-16/h4-11,19H,1-2,12-14H2,3H3,(H2,29,31). The summed E-state index contributed by atoms with van der Waals surface area (Å²) in [6.45, 7) is 9.14. The average molecular weight is 597 g/mol. The average Bonchev–Trinajstić information content (AvgIpc) is 3.25. The molecular weight excluding hydrogens is 573 g/mol. The molecule has 2 N–H and O–H groups in total. The van der Waals surface area contributed by atoms with Crippen molar-refractivity contribution in [1.82, 2.24) is 4.98 Å². The highest BCUT2D eigenvalue weighted by Gasteiger charge is 2.28. The molecule has 196 valence electrons. The highest BCUT2D eigenvalue weighted by atomic mass is 79.9. The molecule has 1 amide bonds. The third kappa shape index (κ3) is 7.53. The summed E-state index contributed by atoms with van der Waals surface area (Å²) in [6, 6.07) is 9.43. The molecule has 3 rings (SSSR count). The van der Waals surface area contributed by atoms with Crippen molar-refractivity contribution in [1.29, 1.82) is 0 Å². The van der Waals surface area contributed by atoms with Crippen molar-refractivity contribution < 1.29 is 36.3 Å². The second kappa shape index (κ2) is 13.6. The van der Waals surface area contributed by atoms with E-state index in [-0.39, 0.29) is 25.7 Å². The summed E-state index contributed by atoms with van der Waals surface area (Å²) < 4.78 is 57.5. The summed E-state index contributed by atoms with van der Waals surface area (Å²) >= 11 is 3.35. The summed E-state index contributed by atoms with van der Waals surface area (Å²) in [7, 11) is -1.88. The maximum absolute atomic E-state index is 14.9. The zero-order valence-electron chi connectivity index (χ0n) is 19.8. The van der Waals surface area contributed by atoms with Crippen LogP contribution in [0, 0.1) is 18.6 Å². The fourth-order valence-corrected chi connectivity index (χ4v) is 4.39. The summed E-state index contributed by atoms with van der Waals surface area (Å²) in [6.07, 6.45) is 1.87. The number of hydrogen-bond acceptors (Lipinski definition) is 7. The molecule has 8 nitrogen and oxygen atoms in total. The topological polar surface area (TPSA) is 106 Å². The number of amides is 1. The van der Waals surface area contributed by atoms with Crippen LogP contribution in [0.3, 0.4) is 0 Å². The SMILES string of the molecule is C=CCOP(OCC=C)OCC(Oc1ccc(F)c(C(N)=O)c1F)c1nc(-c2ccc(C)cc2)c(Br)o1. The van der Waals surface area contributed by atoms with Gasteiger partial charge in [-0.05, 0) is 35.0 Å². The van der Waals surface area contributed by atoms with E-state index in [1.165, 1.54) is 12.2 Å². The number of nitrogens with zero attached hydrogens (tertiary/aromatic N) is 1. The van der Waals surface area contributed by atoms with E-state index in [0.717, 1.165) is 23.3 Å². The first-order valence-electron chi connectivity index (χ1n) is 10.8. The quantitative estimate of drug-likeness (QED) is 0.166. The van der Waals surface area contributed by atoms with Crippen molar-refractivity contribution in [3.05, 3.63) is 95.0 Å². The van der Waals surface area contributed by atoms with Crippen LogP contribution in [0.2, 0.25) is 0 Å². The first-order chi connectivity index (χ1) is 17.7. The van der Waals surface area contributed by atoms with Crippen molar-refractivity contribution in [2.75, 3.05) is 19.8 Å². The monoisotopic (exact) mass is 596 g/mol. The molecule has 0 aliphatic rings. The molecule has 1 atom stereocenters. The van der Waals surface area contributed by atoms with Gasteiger partial charge in [0.05, 0.1) is 13.2 Å². The van der Waals surface area contributed by atoms with E-state index in [0.29, 0.717) is 10.4 Å². The Bertz CT molecular complexity index is 1240. The normalized spacial score (nSPS) is 11.9. The van der Waals surface area contributed by atoms with Crippen LogP contribution in [0.5, 0.6) is 5.75 Å². The van der Waals surface area contributed by atoms with Crippen LogP contribution in [0.25, 0.3) is 11.3 Å². The molecular formula is C25H24BrF2N2O6P. The molecule has 1 aromatic heterocycles. The van der Waals surface area contributed by atoms with Gasteiger partial charge >= 0.3 is 8.60 Å². The van der Waals surface area contributed by atoms with Crippen LogP contribution in [-0.2, 0) is 13.6 Å². The maximum atomic E-state index is 14.9. The number of hydrogen-bond donors (Lipinski definition) is 1. The Kier molecular flexibility index (Phi) is 10.5. The molecule has 0 aliphatic carbocycles. The van der Waals surface area contributed by atoms with Gasteiger partial charge in [0.25, 0.3) is 5.91 Å². The predicted molar refractivity (Wildman–Crippen MR) is 138 cm³/mol. The lowest BCUT2D eigenvalue weighted by atomic mass is 10.1. The molecule has 0 saturated heterocycles. The number of rotatable bonds is 14. The minimum absolute atomic E-state index is 0.00851. The number of benzene rings is 2. The molecule has 0 saturated carbocycles. The molecule has 12 heteroatoms. The van der Waals surface area contributed by atoms with E-state index < -0.39 is 43.6 Å². The van der Waals surface area contributed by atoms with E-state index >= 15 is 0 Å². The first-order valence-corrected chi connectivity index (χ1v) is 12.7. The second-order valence-corrected chi connectivity index (χ2v) is 9.38. The lowest BCUT2D eigenvalue weighted by Gasteiger charge is -2.20. The van der Waals surface area contributed by atoms with Crippen LogP contribution >= 0.6 is 24.5 Å². The number of aromatic nitrogens is 1. The third-order valence-electron chi connectivity index (χ3n) is 4.70. The number of carbonyl (C=O) groups excluding carboxylic acids is 1. The molecule has 3 aromatic rings. The van der Waals surface area contributed by atoms with Gasteiger partial charge < -0.3 is 28.5 Å². The third-order valence-corrected chi connectivity index (χ3v) is 6.32. The van der Waals surface area contributed by atoms with Crippen LogP contribution in [0.1, 0.15) is 27.9 Å². The van der Waals surface area contributed by atoms with Gasteiger partial charge in [-0.15, -0.1) is 13.2 Å². The van der Waals surface area contributed by atoms with Gasteiger partial charge in [0.15, 0.2) is 22.3 Å². The van der Waals surface area contributed by atoms with E-state index in [1.54, 1.807) is 0 Å². The summed E-state index contributed by atoms with van der Waals surface area (Å²) in [5.74, 6) is -4.12. The van der Waals surface area contributed by atoms with Crippen molar-refractivity contribution in [3.63, 3.8) is 0 Å². The minimum atomic E-state index is -1.88. The van der Waals surface area contributed by atoms with Crippen molar-refractivity contribution in [2.45, 2.75) is 13.0 Å². The van der Waals surface area contributed by atoms with Crippen LogP contribution in [-0.4, -0.2) is 30.7 Å². The molecule has 37 heavy (non-hydrogen) atoms. The van der Waals surface area contributed by atoms with Gasteiger partial charge in [0.2, 0.25) is 5.89 Å². The highest BCUT2D eigenvalue weighted by molar-refractivity contribution is 9.10. The van der Waals surface area contributed by atoms with Crippen LogP contribution in [0.4, 0.5) is 8.78 Å². The number of carbonyl (C=O) groups is 1. The van der Waals surface area contributed by atoms with E-state index in [9.17, 15) is 13.6 Å². The smallest absolute Gasteiger partial charge is 0.333 e. The van der Waals surface area contributed by atoms with Gasteiger partial charge in [-0.1, -0.05) is 42.0 Å². The van der Waals surface area contributed by atoms with Gasteiger partial charge in [-0.3, -0.25) is 4.79 Å². The zero-order valence-corrected chi connectivity index (χ0v) is 22.3. The summed E-state index contributed by atoms with van der Waals surface area (Å²) in [5.41, 5.74) is 6.48. The molecule has 1 heterocycles. The Balaban J connectivity index is 1.95. The van der Waals surface area contributed by atoms with Gasteiger partial charge in [-0.25, -0.2) is 13.8 Å². The fourth-order valence-electron chi connectivity index (χ4n) is 2.97. The molecule has 0 spiro atoms. The molecule has 1 unspecified atom stereocenters. The second-order valence-electron chi connectivity index (χ2n) is 7.43. The number of primary amides is 1. The number of nitrogens with two attached hydrogens (primary N) is 1. The Morgan fingerprint density at radius 3 is 2.38 bits per heavy atom. The van der Waals surface area contributed by atoms with Crippen molar-refractivity contribution in [2.24, 2.45) is 5.73 Å². The Hall–Kier alpha value is -2.95. The number of oxazole rings is 1. The largest absolute Gasteiger partial charge is 0.475 e. The number of halogens is 3. The molecule has 0 aliphatic heterocycles. The lowest BCUT2D eigenvalue weighted by molar-refractivity contribution is 0.0813. The number of aryl methyl sites for hydroxylation is 1. The molecule has 0 radical (unpaired) electrons. The lowest BCUT2D eigenvalue weighted by Crippen LogP contribution is -2.19. The first kappa shape index (κ1) is 28.6. The maximum Gasteiger partial charge on any atom is 0.333 e. The van der Waals surface area contributed by atoms with Gasteiger partial charge in [0, 0.05) is 5.56 Å². The summed E-state index contributed by atoms with van der Waals surface area (Å²) in [5, 5.41) is 0. The predicted octanol–water partition coefficient (Wildman–Crippen LogP) is 6.56. The molecule has 0 bridgehead atoms. The van der Waals surface area contributed by atoms with E-state index in [2.05, 4.69) is 34.1 Å². The summed E-state index contributed by atoms with van der Waals surface area (Å²) in [4.78, 5) is 16.1. The minimum Gasteiger partial charge on any atom is -0.475 e.